The van der Waals surface area contributed by atoms with E-state index in [1.165, 1.54) is 238 Å². The lowest BCUT2D eigenvalue weighted by Gasteiger charge is -2.21. The second kappa shape index (κ2) is 52.2. The van der Waals surface area contributed by atoms with Crippen LogP contribution < -0.4 is 5.32 Å². The Balaban J connectivity index is 3.47. The molecule has 0 spiro atoms. The van der Waals surface area contributed by atoms with Crippen molar-refractivity contribution in [2.24, 2.45) is 0 Å². The standard InChI is InChI=1S/C57H109NO4/c1-3-5-7-9-11-13-15-17-18-19-20-21-22-23-24-25-26-27-28-29-30-31-32-33-34-35-36-37-38-39-40-42-44-46-48-50-52-56(61)57(62)58-54(53-59)55(60)51-49-47-45-43-41-16-14-12-10-8-6-4-2/h27-28,41,43,49,51,54-56,59-61H,3-26,29-40,42,44-48,50,52-53H2,1-2H3,(H,58,62)/b28-27-,43-41+,51-49+. The van der Waals surface area contributed by atoms with Gasteiger partial charge in [-0.2, -0.15) is 0 Å². The molecule has 0 radical (unpaired) electrons. The topological polar surface area (TPSA) is 89.8 Å². The van der Waals surface area contributed by atoms with Gasteiger partial charge in [-0.05, 0) is 57.8 Å². The second-order valence-corrected chi connectivity index (χ2v) is 19.1. The van der Waals surface area contributed by atoms with Crippen molar-refractivity contribution in [2.45, 2.75) is 315 Å². The Hall–Kier alpha value is -1.43. The maximum atomic E-state index is 12.5. The van der Waals surface area contributed by atoms with Crippen molar-refractivity contribution in [1.29, 1.82) is 0 Å². The number of unbranched alkanes of at least 4 members (excludes halogenated alkanes) is 39. The van der Waals surface area contributed by atoms with Crippen LogP contribution in [0.4, 0.5) is 0 Å². The van der Waals surface area contributed by atoms with E-state index in [2.05, 4.69) is 43.5 Å². The lowest BCUT2D eigenvalue weighted by molar-refractivity contribution is -0.131. The van der Waals surface area contributed by atoms with Gasteiger partial charge in [-0.25, -0.2) is 0 Å². The van der Waals surface area contributed by atoms with Crippen LogP contribution >= 0.6 is 0 Å². The Kier molecular flexibility index (Phi) is 51.0. The third-order valence-electron chi connectivity index (χ3n) is 13.0. The van der Waals surface area contributed by atoms with Crippen molar-refractivity contribution in [3.05, 3.63) is 36.5 Å². The van der Waals surface area contributed by atoms with Crippen LogP contribution in [0.25, 0.3) is 0 Å². The molecule has 5 nitrogen and oxygen atoms in total. The summed E-state index contributed by atoms with van der Waals surface area (Å²) in [6, 6.07) is -0.812. The van der Waals surface area contributed by atoms with Crippen LogP contribution in [0.1, 0.15) is 296 Å². The summed E-state index contributed by atoms with van der Waals surface area (Å²) in [7, 11) is 0. The molecule has 0 fully saturated rings. The van der Waals surface area contributed by atoms with E-state index in [0.717, 1.165) is 38.5 Å². The molecular formula is C57H109NO4. The quantitative estimate of drug-likeness (QED) is 0.0362. The number of amides is 1. The van der Waals surface area contributed by atoms with Gasteiger partial charge in [-0.3, -0.25) is 4.79 Å². The van der Waals surface area contributed by atoms with E-state index < -0.39 is 24.2 Å². The Morgan fingerprint density at radius 3 is 0.984 bits per heavy atom. The van der Waals surface area contributed by atoms with Crippen LogP contribution in [-0.2, 0) is 4.79 Å². The Morgan fingerprint density at radius 2 is 0.661 bits per heavy atom. The molecule has 0 saturated heterocycles. The summed E-state index contributed by atoms with van der Waals surface area (Å²) in [4.78, 5) is 12.5. The molecule has 0 aromatic heterocycles. The molecule has 1 amide bonds. The zero-order valence-corrected chi connectivity index (χ0v) is 41.8. The van der Waals surface area contributed by atoms with Crippen molar-refractivity contribution in [3.8, 4) is 0 Å². The van der Waals surface area contributed by atoms with Crippen LogP contribution in [0.3, 0.4) is 0 Å². The summed E-state index contributed by atoms with van der Waals surface area (Å²) in [5.41, 5.74) is 0. The van der Waals surface area contributed by atoms with Gasteiger partial charge >= 0.3 is 0 Å². The maximum Gasteiger partial charge on any atom is 0.249 e. The lowest BCUT2D eigenvalue weighted by atomic mass is 10.0. The average molecular weight is 873 g/mol. The molecular weight excluding hydrogens is 763 g/mol. The molecule has 0 aliphatic carbocycles. The summed E-state index contributed by atoms with van der Waals surface area (Å²) >= 11 is 0. The zero-order valence-electron chi connectivity index (χ0n) is 41.8. The highest BCUT2D eigenvalue weighted by atomic mass is 16.3. The number of aliphatic hydroxyl groups excluding tert-OH is 3. The molecule has 3 unspecified atom stereocenters. The van der Waals surface area contributed by atoms with Gasteiger partial charge < -0.3 is 20.6 Å². The summed E-state index contributed by atoms with van der Waals surface area (Å²) < 4.78 is 0. The Morgan fingerprint density at radius 1 is 0.387 bits per heavy atom. The highest BCUT2D eigenvalue weighted by Gasteiger charge is 2.22. The first-order valence-corrected chi connectivity index (χ1v) is 27.8. The van der Waals surface area contributed by atoms with E-state index in [0.29, 0.717) is 6.42 Å². The number of rotatable bonds is 51. The van der Waals surface area contributed by atoms with E-state index in [9.17, 15) is 20.1 Å². The predicted molar refractivity (Wildman–Crippen MR) is 273 cm³/mol. The van der Waals surface area contributed by atoms with E-state index >= 15 is 0 Å². The lowest BCUT2D eigenvalue weighted by Crippen LogP contribution is -2.48. The van der Waals surface area contributed by atoms with E-state index in [1.54, 1.807) is 6.08 Å². The largest absolute Gasteiger partial charge is 0.394 e. The number of nitrogens with one attached hydrogen (secondary N) is 1. The monoisotopic (exact) mass is 872 g/mol. The molecule has 62 heavy (non-hydrogen) atoms. The normalized spacial score (nSPS) is 13.6. The fraction of sp³-hybridized carbons (Fsp3) is 0.877. The molecule has 0 aromatic rings. The molecule has 4 N–H and O–H groups in total. The SMILES string of the molecule is CCCCCCCC/C=C/CC/C=C/C(O)C(CO)NC(=O)C(O)CCCCCCCCCCCCCCCCCC/C=C\CCCCCCCCCCCCCCCCCC. The van der Waals surface area contributed by atoms with Gasteiger partial charge in [0.15, 0.2) is 0 Å². The predicted octanol–water partition coefficient (Wildman–Crippen LogP) is 17.1. The third kappa shape index (κ3) is 46.6. The fourth-order valence-corrected chi connectivity index (χ4v) is 8.61. The van der Waals surface area contributed by atoms with Crippen LogP contribution in [0.5, 0.6) is 0 Å². The number of hydrogen-bond acceptors (Lipinski definition) is 4. The Labute approximate surface area is 387 Å². The summed E-state index contributed by atoms with van der Waals surface area (Å²) in [5, 5.41) is 33.2. The van der Waals surface area contributed by atoms with Crippen LogP contribution in [0.15, 0.2) is 36.5 Å². The minimum absolute atomic E-state index is 0.375. The number of carbonyl (C=O) groups is 1. The van der Waals surface area contributed by atoms with Gasteiger partial charge in [0.1, 0.15) is 6.10 Å². The van der Waals surface area contributed by atoms with E-state index in [-0.39, 0.29) is 6.61 Å². The first-order valence-electron chi connectivity index (χ1n) is 27.8. The molecule has 3 atom stereocenters. The molecule has 366 valence electrons. The molecule has 0 rings (SSSR count). The van der Waals surface area contributed by atoms with Gasteiger partial charge in [-0.1, -0.05) is 275 Å². The molecule has 0 aliphatic heterocycles. The van der Waals surface area contributed by atoms with Gasteiger partial charge in [0.25, 0.3) is 0 Å². The maximum absolute atomic E-state index is 12.5. The van der Waals surface area contributed by atoms with Gasteiger partial charge in [0.05, 0.1) is 18.8 Å². The van der Waals surface area contributed by atoms with Gasteiger partial charge in [0, 0.05) is 0 Å². The minimum atomic E-state index is -1.10. The molecule has 0 saturated carbocycles. The first-order chi connectivity index (χ1) is 30.6. The number of aliphatic hydroxyl groups is 3. The van der Waals surface area contributed by atoms with Crippen molar-refractivity contribution in [1.82, 2.24) is 5.32 Å². The average Bonchev–Trinajstić information content (AvgIpc) is 3.28. The van der Waals surface area contributed by atoms with Crippen LogP contribution in [0, 0.1) is 0 Å². The fourth-order valence-electron chi connectivity index (χ4n) is 8.61. The molecule has 0 aromatic carbocycles. The smallest absolute Gasteiger partial charge is 0.249 e. The minimum Gasteiger partial charge on any atom is -0.394 e. The zero-order chi connectivity index (χ0) is 45.1. The summed E-state index contributed by atoms with van der Waals surface area (Å²) in [5.74, 6) is -0.511. The molecule has 0 heterocycles. The van der Waals surface area contributed by atoms with Crippen molar-refractivity contribution >= 4 is 5.91 Å². The highest BCUT2D eigenvalue weighted by Crippen LogP contribution is 2.17. The van der Waals surface area contributed by atoms with Crippen LogP contribution in [0.2, 0.25) is 0 Å². The second-order valence-electron chi connectivity index (χ2n) is 19.1. The summed E-state index contributed by atoms with van der Waals surface area (Å²) in [6.45, 7) is 4.17. The highest BCUT2D eigenvalue weighted by molar-refractivity contribution is 5.80. The van der Waals surface area contributed by atoms with Crippen molar-refractivity contribution in [3.63, 3.8) is 0 Å². The van der Waals surface area contributed by atoms with E-state index in [1.807, 2.05) is 6.08 Å². The number of hydrogen-bond donors (Lipinski definition) is 4. The van der Waals surface area contributed by atoms with E-state index in [4.69, 9.17) is 0 Å². The van der Waals surface area contributed by atoms with Crippen LogP contribution in [-0.4, -0.2) is 46.1 Å². The Bertz CT molecular complexity index is 962. The summed E-state index contributed by atoms with van der Waals surface area (Å²) in [6.07, 6.45) is 68.2. The molecule has 0 aliphatic rings. The molecule has 5 heteroatoms. The third-order valence-corrected chi connectivity index (χ3v) is 13.0. The van der Waals surface area contributed by atoms with Crippen molar-refractivity contribution in [2.75, 3.05) is 6.61 Å². The number of allylic oxidation sites excluding steroid dienone is 5. The van der Waals surface area contributed by atoms with Gasteiger partial charge in [-0.15, -0.1) is 0 Å². The van der Waals surface area contributed by atoms with Gasteiger partial charge in [0.2, 0.25) is 5.91 Å². The molecule has 0 bridgehead atoms. The number of carbonyl (C=O) groups excluding carboxylic acids is 1. The first kappa shape index (κ1) is 60.6. The van der Waals surface area contributed by atoms with Crippen molar-refractivity contribution < 1.29 is 20.1 Å².